The molecule has 4 rings (SSSR count). The van der Waals surface area contributed by atoms with Gasteiger partial charge in [0.15, 0.2) is 15.8 Å². The van der Waals surface area contributed by atoms with E-state index in [0.29, 0.717) is 12.1 Å². The molecule has 0 saturated heterocycles. The van der Waals surface area contributed by atoms with Gasteiger partial charge in [0, 0.05) is 11.9 Å². The van der Waals surface area contributed by atoms with Crippen LogP contribution in [0.2, 0.25) is 0 Å². The molecule has 108 valence electrons. The Hall–Kier alpha value is -2.67. The third kappa shape index (κ3) is 2.06. The van der Waals surface area contributed by atoms with E-state index in [4.69, 9.17) is 4.42 Å². The second-order valence-corrected chi connectivity index (χ2v) is 5.57. The zero-order chi connectivity index (χ0) is 14.9. The minimum absolute atomic E-state index is 0.643. The Kier molecular flexibility index (Phi) is 3.12. The fourth-order valence-electron chi connectivity index (χ4n) is 2.25. The van der Waals surface area contributed by atoms with Crippen molar-refractivity contribution in [2.75, 3.05) is 0 Å². The van der Waals surface area contributed by atoms with Crippen molar-refractivity contribution in [3.8, 4) is 0 Å². The molecule has 0 bridgehead atoms. The maximum absolute atomic E-state index is 5.91. The quantitative estimate of drug-likeness (QED) is 0.425. The topological polar surface area (TPSA) is 69.6 Å². The van der Waals surface area contributed by atoms with Crippen LogP contribution in [0.15, 0.2) is 64.2 Å². The molecule has 0 aliphatic carbocycles. The van der Waals surface area contributed by atoms with E-state index in [1.165, 1.54) is 11.8 Å². The number of para-hydroxylation sites is 1. The Morgan fingerprint density at radius 2 is 2.18 bits per heavy atom. The van der Waals surface area contributed by atoms with Gasteiger partial charge >= 0.3 is 0 Å². The molecule has 3 heterocycles. The zero-order valence-corrected chi connectivity index (χ0v) is 12.3. The average Bonchev–Trinajstić information content (AvgIpc) is 3.13. The van der Waals surface area contributed by atoms with Crippen LogP contribution in [0.4, 0.5) is 0 Å². The summed E-state index contributed by atoms with van der Waals surface area (Å²) in [5, 5.41) is 10.5. The second-order valence-electron chi connectivity index (χ2n) is 4.61. The molecule has 0 radical (unpaired) electrons. The van der Waals surface area contributed by atoms with E-state index in [1.54, 1.807) is 18.7 Å². The lowest BCUT2D eigenvalue weighted by Crippen LogP contribution is -1.96. The van der Waals surface area contributed by atoms with Gasteiger partial charge in [0.05, 0.1) is 0 Å². The summed E-state index contributed by atoms with van der Waals surface area (Å²) in [5.74, 6) is 0. The monoisotopic (exact) mass is 309 g/mol. The van der Waals surface area contributed by atoms with Crippen LogP contribution in [0.1, 0.15) is 0 Å². The standard InChI is InChI=1S/C15H11N5OS/c1-2-7-20-9-18-19-15(20)22-14-13-12(16-8-17-14)10-5-3-4-6-11(10)21-13/h2-6,8-9H,1,7H2. The summed E-state index contributed by atoms with van der Waals surface area (Å²) in [6.07, 6.45) is 5.01. The van der Waals surface area contributed by atoms with Crippen LogP contribution in [-0.2, 0) is 6.54 Å². The van der Waals surface area contributed by atoms with E-state index < -0.39 is 0 Å². The highest BCUT2D eigenvalue weighted by Gasteiger charge is 2.16. The predicted octanol–water partition coefficient (Wildman–Crippen LogP) is 3.30. The molecule has 3 aromatic heterocycles. The molecular weight excluding hydrogens is 298 g/mol. The number of hydrogen-bond acceptors (Lipinski definition) is 6. The van der Waals surface area contributed by atoms with Crippen molar-refractivity contribution in [3.63, 3.8) is 0 Å². The molecule has 0 atom stereocenters. The first kappa shape index (κ1) is 13.0. The molecule has 1 aromatic carbocycles. The van der Waals surface area contributed by atoms with E-state index in [0.717, 1.165) is 26.7 Å². The van der Waals surface area contributed by atoms with Crippen molar-refractivity contribution < 1.29 is 4.42 Å². The highest BCUT2D eigenvalue weighted by molar-refractivity contribution is 7.99. The highest BCUT2D eigenvalue weighted by atomic mass is 32.2. The van der Waals surface area contributed by atoms with Gasteiger partial charge in [0.2, 0.25) is 0 Å². The van der Waals surface area contributed by atoms with Crippen LogP contribution in [-0.4, -0.2) is 24.7 Å². The Bertz CT molecular complexity index is 974. The Morgan fingerprint density at radius 3 is 3.09 bits per heavy atom. The van der Waals surface area contributed by atoms with Gasteiger partial charge in [-0.2, -0.15) is 0 Å². The van der Waals surface area contributed by atoms with Gasteiger partial charge in [-0.05, 0) is 23.9 Å². The average molecular weight is 309 g/mol. The third-order valence-corrected chi connectivity index (χ3v) is 4.20. The summed E-state index contributed by atoms with van der Waals surface area (Å²) >= 11 is 1.40. The molecule has 4 aromatic rings. The lowest BCUT2D eigenvalue weighted by atomic mass is 10.2. The lowest BCUT2D eigenvalue weighted by molar-refractivity contribution is 0.652. The molecule has 0 amide bonds. The van der Waals surface area contributed by atoms with Crippen LogP contribution < -0.4 is 0 Å². The van der Waals surface area contributed by atoms with Gasteiger partial charge < -0.3 is 8.98 Å². The van der Waals surface area contributed by atoms with Crippen molar-refractivity contribution in [2.45, 2.75) is 16.7 Å². The van der Waals surface area contributed by atoms with Crippen molar-refractivity contribution in [1.82, 2.24) is 24.7 Å². The van der Waals surface area contributed by atoms with Gasteiger partial charge in [-0.15, -0.1) is 16.8 Å². The summed E-state index contributed by atoms with van der Waals surface area (Å²) in [5.41, 5.74) is 2.28. The summed E-state index contributed by atoms with van der Waals surface area (Å²) in [6.45, 7) is 4.38. The molecule has 22 heavy (non-hydrogen) atoms. The number of aromatic nitrogens is 5. The third-order valence-electron chi connectivity index (χ3n) is 3.22. The van der Waals surface area contributed by atoms with Crippen LogP contribution in [0.25, 0.3) is 22.1 Å². The van der Waals surface area contributed by atoms with Crippen LogP contribution in [0, 0.1) is 0 Å². The van der Waals surface area contributed by atoms with Gasteiger partial charge in [-0.25, -0.2) is 9.97 Å². The molecular formula is C15H11N5OS. The first-order chi connectivity index (χ1) is 10.9. The zero-order valence-electron chi connectivity index (χ0n) is 11.5. The molecule has 0 aliphatic heterocycles. The van der Waals surface area contributed by atoms with Crippen LogP contribution in [0.3, 0.4) is 0 Å². The van der Waals surface area contributed by atoms with Crippen molar-refractivity contribution in [2.24, 2.45) is 0 Å². The van der Waals surface area contributed by atoms with E-state index >= 15 is 0 Å². The summed E-state index contributed by atoms with van der Waals surface area (Å²) < 4.78 is 7.81. The highest BCUT2D eigenvalue weighted by Crippen LogP contribution is 2.34. The number of rotatable bonds is 4. The van der Waals surface area contributed by atoms with E-state index in [2.05, 4.69) is 26.7 Å². The Balaban J connectivity index is 1.84. The molecule has 0 unspecified atom stereocenters. The predicted molar refractivity (Wildman–Crippen MR) is 83.7 cm³/mol. The number of benzene rings is 1. The van der Waals surface area contributed by atoms with Gasteiger partial charge in [0.1, 0.15) is 23.8 Å². The molecule has 0 N–H and O–H groups in total. The number of hydrogen-bond donors (Lipinski definition) is 0. The molecule has 0 saturated carbocycles. The fourth-order valence-corrected chi connectivity index (χ4v) is 3.08. The number of allylic oxidation sites excluding steroid dienone is 1. The lowest BCUT2D eigenvalue weighted by Gasteiger charge is -2.02. The SMILES string of the molecule is C=CCn1cnnc1Sc1ncnc2c1oc1ccccc12. The summed E-state index contributed by atoms with van der Waals surface area (Å²) in [7, 11) is 0. The van der Waals surface area contributed by atoms with Crippen LogP contribution in [0.5, 0.6) is 0 Å². The normalized spacial score (nSPS) is 11.3. The Labute approximate surface area is 129 Å². The van der Waals surface area contributed by atoms with Gasteiger partial charge in [-0.1, -0.05) is 18.2 Å². The second kappa shape index (κ2) is 5.27. The van der Waals surface area contributed by atoms with Crippen LogP contribution >= 0.6 is 11.8 Å². The molecule has 0 aliphatic rings. The smallest absolute Gasteiger partial charge is 0.197 e. The maximum Gasteiger partial charge on any atom is 0.197 e. The minimum Gasteiger partial charge on any atom is -0.451 e. The molecule has 6 nitrogen and oxygen atoms in total. The maximum atomic E-state index is 5.91. The molecule has 7 heteroatoms. The molecule has 0 spiro atoms. The summed E-state index contributed by atoms with van der Waals surface area (Å²) in [4.78, 5) is 8.67. The van der Waals surface area contributed by atoms with Crippen molar-refractivity contribution in [1.29, 1.82) is 0 Å². The first-order valence-corrected chi connectivity index (χ1v) is 7.47. The first-order valence-electron chi connectivity index (χ1n) is 6.65. The fraction of sp³-hybridized carbons (Fsp3) is 0.0667. The van der Waals surface area contributed by atoms with E-state index in [-0.39, 0.29) is 0 Å². The van der Waals surface area contributed by atoms with E-state index in [9.17, 15) is 0 Å². The molecule has 0 fully saturated rings. The summed E-state index contributed by atoms with van der Waals surface area (Å²) in [6, 6.07) is 7.81. The van der Waals surface area contributed by atoms with Crippen molar-refractivity contribution in [3.05, 3.63) is 49.6 Å². The number of fused-ring (bicyclic) bond motifs is 3. The number of furan rings is 1. The largest absolute Gasteiger partial charge is 0.451 e. The van der Waals surface area contributed by atoms with Crippen molar-refractivity contribution >= 4 is 33.8 Å². The Morgan fingerprint density at radius 1 is 1.27 bits per heavy atom. The minimum atomic E-state index is 0.643. The number of nitrogens with zero attached hydrogens (tertiary/aromatic N) is 5. The van der Waals surface area contributed by atoms with Gasteiger partial charge in [-0.3, -0.25) is 0 Å². The van der Waals surface area contributed by atoms with Gasteiger partial charge in [0.25, 0.3) is 0 Å². The van der Waals surface area contributed by atoms with E-state index in [1.807, 2.05) is 28.8 Å².